The molecule has 0 saturated heterocycles. The molecule has 1 rings (SSSR count). The minimum absolute atomic E-state index is 0.172. The molecule has 0 atom stereocenters. The molecule has 3 amide bonds. The van der Waals surface area contributed by atoms with Gasteiger partial charge >= 0.3 is 6.03 Å². The van der Waals surface area contributed by atoms with E-state index in [1.165, 1.54) is 0 Å². The summed E-state index contributed by atoms with van der Waals surface area (Å²) in [6.07, 6.45) is 3.66. The van der Waals surface area contributed by atoms with E-state index in [4.69, 9.17) is 11.5 Å². The smallest absolute Gasteiger partial charge is 0.319 e. The van der Waals surface area contributed by atoms with Gasteiger partial charge < -0.3 is 11.5 Å². The molecule has 1 aliphatic carbocycles. The average Bonchev–Trinajstić information content (AvgIpc) is 2.20. The summed E-state index contributed by atoms with van der Waals surface area (Å²) >= 11 is 0. The molecule has 0 radical (unpaired) electrons. The summed E-state index contributed by atoms with van der Waals surface area (Å²) < 4.78 is 0. The fourth-order valence-corrected chi connectivity index (χ4v) is 1.93. The van der Waals surface area contributed by atoms with Crippen LogP contribution >= 0.6 is 0 Å². The Labute approximate surface area is 93.7 Å². The van der Waals surface area contributed by atoms with Gasteiger partial charge in [-0.2, -0.15) is 0 Å². The lowest BCUT2D eigenvalue weighted by Gasteiger charge is -2.25. The molecule has 6 heteroatoms. The van der Waals surface area contributed by atoms with Gasteiger partial charge in [-0.25, -0.2) is 4.79 Å². The summed E-state index contributed by atoms with van der Waals surface area (Å²) in [6.45, 7) is 0. The van der Waals surface area contributed by atoms with Crippen LogP contribution in [0.5, 0.6) is 0 Å². The van der Waals surface area contributed by atoms with Gasteiger partial charge in [-0.3, -0.25) is 14.9 Å². The monoisotopic (exact) mass is 227 g/mol. The molecular formula is C10H17N3O3. The van der Waals surface area contributed by atoms with Gasteiger partial charge in [0.25, 0.3) is 5.91 Å². The fraction of sp³-hybridized carbons (Fsp3) is 0.700. The first-order chi connectivity index (χ1) is 7.49. The molecule has 0 unspecified atom stereocenters. The number of ketones is 1. The average molecular weight is 227 g/mol. The predicted octanol–water partition coefficient (Wildman–Crippen LogP) is -0.342. The van der Waals surface area contributed by atoms with Gasteiger partial charge in [-0.1, -0.05) is 0 Å². The van der Waals surface area contributed by atoms with E-state index in [-0.39, 0.29) is 18.4 Å². The standard InChI is InChI=1S/C10H17N3O3/c11-7-3-1-6(2-4-7)5-8(14)9(15)13-10(12)16/h6-7H,1-5,11H2,(H3,12,13,15,16). The van der Waals surface area contributed by atoms with Crippen molar-refractivity contribution in [1.29, 1.82) is 0 Å². The quantitative estimate of drug-likeness (QED) is 0.572. The van der Waals surface area contributed by atoms with Gasteiger partial charge in [0.05, 0.1) is 0 Å². The number of Topliss-reactive ketones (excluding diaryl/α,β-unsaturated/α-hetero) is 1. The molecule has 5 N–H and O–H groups in total. The van der Waals surface area contributed by atoms with Crippen LogP contribution in [0.3, 0.4) is 0 Å². The van der Waals surface area contributed by atoms with Crippen LogP contribution in [-0.4, -0.2) is 23.8 Å². The number of carbonyl (C=O) groups is 3. The topological polar surface area (TPSA) is 115 Å². The third kappa shape index (κ3) is 3.98. The second kappa shape index (κ2) is 5.60. The van der Waals surface area contributed by atoms with E-state index in [1.54, 1.807) is 5.32 Å². The summed E-state index contributed by atoms with van der Waals surface area (Å²) in [6, 6.07) is -0.783. The molecule has 0 aromatic heterocycles. The first kappa shape index (κ1) is 12.6. The van der Waals surface area contributed by atoms with Crippen molar-refractivity contribution in [2.45, 2.75) is 38.1 Å². The maximum atomic E-state index is 11.4. The number of nitrogens with one attached hydrogen (secondary N) is 1. The van der Waals surface area contributed by atoms with Crippen molar-refractivity contribution >= 4 is 17.7 Å². The Hall–Kier alpha value is -1.43. The highest BCUT2D eigenvalue weighted by atomic mass is 16.2. The van der Waals surface area contributed by atoms with Gasteiger partial charge in [0, 0.05) is 12.5 Å². The maximum Gasteiger partial charge on any atom is 0.319 e. The van der Waals surface area contributed by atoms with Crippen molar-refractivity contribution in [1.82, 2.24) is 5.32 Å². The molecule has 0 aromatic carbocycles. The molecule has 1 aliphatic rings. The third-order valence-electron chi connectivity index (χ3n) is 2.86. The summed E-state index contributed by atoms with van der Waals surface area (Å²) in [5.41, 5.74) is 10.5. The lowest BCUT2D eigenvalue weighted by Crippen LogP contribution is -2.40. The number of nitrogens with two attached hydrogens (primary N) is 2. The molecule has 1 fully saturated rings. The van der Waals surface area contributed by atoms with Crippen molar-refractivity contribution in [3.8, 4) is 0 Å². The molecule has 6 nitrogen and oxygen atoms in total. The Morgan fingerprint density at radius 3 is 2.19 bits per heavy atom. The Morgan fingerprint density at radius 2 is 1.69 bits per heavy atom. The zero-order valence-corrected chi connectivity index (χ0v) is 9.07. The fourth-order valence-electron chi connectivity index (χ4n) is 1.93. The lowest BCUT2D eigenvalue weighted by atomic mass is 9.83. The highest BCUT2D eigenvalue weighted by Crippen LogP contribution is 2.25. The second-order valence-electron chi connectivity index (χ2n) is 4.23. The van der Waals surface area contributed by atoms with Crippen LogP contribution in [0.2, 0.25) is 0 Å². The number of hydrogen-bond donors (Lipinski definition) is 3. The van der Waals surface area contributed by atoms with E-state index in [0.717, 1.165) is 25.7 Å². The molecule has 1 saturated carbocycles. The Kier molecular flexibility index (Phi) is 4.42. The van der Waals surface area contributed by atoms with Gasteiger partial charge in [0.2, 0.25) is 5.78 Å². The Morgan fingerprint density at radius 1 is 1.12 bits per heavy atom. The van der Waals surface area contributed by atoms with Gasteiger partial charge in [0.15, 0.2) is 0 Å². The highest BCUT2D eigenvalue weighted by molar-refractivity contribution is 6.38. The van der Waals surface area contributed by atoms with Crippen molar-refractivity contribution < 1.29 is 14.4 Å². The van der Waals surface area contributed by atoms with E-state index >= 15 is 0 Å². The van der Waals surface area contributed by atoms with Crippen LogP contribution in [0.4, 0.5) is 4.79 Å². The predicted molar refractivity (Wildman–Crippen MR) is 57.3 cm³/mol. The minimum Gasteiger partial charge on any atom is -0.351 e. The molecule has 0 aromatic rings. The van der Waals surface area contributed by atoms with Crippen molar-refractivity contribution in [3.63, 3.8) is 0 Å². The normalized spacial score (nSPS) is 24.8. The van der Waals surface area contributed by atoms with Gasteiger partial charge in [0.1, 0.15) is 0 Å². The van der Waals surface area contributed by atoms with E-state index < -0.39 is 17.7 Å². The maximum absolute atomic E-state index is 11.4. The van der Waals surface area contributed by atoms with Crippen LogP contribution in [0, 0.1) is 5.92 Å². The Balaban J connectivity index is 2.34. The van der Waals surface area contributed by atoms with E-state index in [0.29, 0.717) is 0 Å². The van der Waals surface area contributed by atoms with Gasteiger partial charge in [-0.05, 0) is 31.6 Å². The molecule has 0 bridgehead atoms. The molecule has 0 aliphatic heterocycles. The largest absolute Gasteiger partial charge is 0.351 e. The van der Waals surface area contributed by atoms with Crippen LogP contribution < -0.4 is 16.8 Å². The number of carbonyl (C=O) groups excluding carboxylic acids is 3. The van der Waals surface area contributed by atoms with Crippen molar-refractivity contribution in [3.05, 3.63) is 0 Å². The SMILES string of the molecule is NC(=O)NC(=O)C(=O)CC1CCC(N)CC1. The van der Waals surface area contributed by atoms with E-state index in [9.17, 15) is 14.4 Å². The van der Waals surface area contributed by atoms with Crippen LogP contribution in [-0.2, 0) is 9.59 Å². The lowest BCUT2D eigenvalue weighted by molar-refractivity contribution is -0.137. The summed E-state index contributed by atoms with van der Waals surface area (Å²) in [4.78, 5) is 32.9. The number of imide groups is 1. The number of hydrogen-bond acceptors (Lipinski definition) is 4. The van der Waals surface area contributed by atoms with Crippen LogP contribution in [0.15, 0.2) is 0 Å². The summed E-state index contributed by atoms with van der Waals surface area (Å²) in [5, 5.41) is 1.77. The number of rotatable bonds is 3. The third-order valence-corrected chi connectivity index (χ3v) is 2.86. The summed E-state index contributed by atoms with van der Waals surface area (Å²) in [7, 11) is 0. The van der Waals surface area contributed by atoms with Crippen LogP contribution in [0.25, 0.3) is 0 Å². The van der Waals surface area contributed by atoms with Crippen molar-refractivity contribution in [2.24, 2.45) is 17.4 Å². The number of urea groups is 1. The first-order valence-corrected chi connectivity index (χ1v) is 5.38. The molecule has 0 spiro atoms. The van der Waals surface area contributed by atoms with E-state index in [2.05, 4.69) is 0 Å². The van der Waals surface area contributed by atoms with E-state index in [1.807, 2.05) is 0 Å². The Bertz CT molecular complexity index is 296. The minimum atomic E-state index is -0.996. The second-order valence-corrected chi connectivity index (χ2v) is 4.23. The molecule has 0 heterocycles. The van der Waals surface area contributed by atoms with Crippen molar-refractivity contribution in [2.75, 3.05) is 0 Å². The molecular weight excluding hydrogens is 210 g/mol. The number of primary amides is 1. The molecule has 90 valence electrons. The molecule has 16 heavy (non-hydrogen) atoms. The first-order valence-electron chi connectivity index (χ1n) is 5.38. The van der Waals surface area contributed by atoms with Crippen LogP contribution in [0.1, 0.15) is 32.1 Å². The van der Waals surface area contributed by atoms with Gasteiger partial charge in [-0.15, -0.1) is 0 Å². The highest BCUT2D eigenvalue weighted by Gasteiger charge is 2.24. The summed E-state index contributed by atoms with van der Waals surface area (Å²) in [5.74, 6) is -1.30. The zero-order valence-electron chi connectivity index (χ0n) is 9.07. The number of amides is 3. The zero-order chi connectivity index (χ0) is 12.1.